The summed E-state index contributed by atoms with van der Waals surface area (Å²) in [6, 6.07) is 1.67. The Morgan fingerprint density at radius 1 is 1.50 bits per heavy atom. The second-order valence-corrected chi connectivity index (χ2v) is 6.39. The number of hydrogen-bond acceptors (Lipinski definition) is 3. The minimum absolute atomic E-state index is 0.0787. The summed E-state index contributed by atoms with van der Waals surface area (Å²) in [5, 5.41) is 0.615. The zero-order chi connectivity index (χ0) is 14.9. The van der Waals surface area contributed by atoms with E-state index in [2.05, 4.69) is 25.9 Å². The Bertz CT molecular complexity index is 620. The molecule has 106 valence electrons. The van der Waals surface area contributed by atoms with Crippen molar-refractivity contribution in [2.24, 2.45) is 16.1 Å². The quantitative estimate of drug-likeness (QED) is 0.628. The van der Waals surface area contributed by atoms with Crippen LogP contribution >= 0.6 is 50.7 Å². The first-order valence-corrected chi connectivity index (χ1v) is 7.50. The maximum absolute atomic E-state index is 11.9. The number of dihydropyridines is 1. The number of aromatic nitrogens is 1. The number of primary amides is 1. The molecule has 2 N–H and O–H groups in total. The maximum atomic E-state index is 11.9. The number of aliphatic imine (C=N–C) groups is 1. The Hall–Kier alpha value is -0.620. The first-order chi connectivity index (χ1) is 9.37. The largest absolute Gasteiger partial charge is 0.369 e. The highest BCUT2D eigenvalue weighted by Gasteiger charge is 2.48. The number of pyridine rings is 1. The van der Waals surface area contributed by atoms with Crippen molar-refractivity contribution in [3.8, 4) is 0 Å². The molecule has 1 aliphatic heterocycles. The molecule has 1 aromatic heterocycles. The molecule has 0 saturated heterocycles. The minimum atomic E-state index is -1.34. The van der Waals surface area contributed by atoms with Crippen LogP contribution in [0.15, 0.2) is 32.8 Å². The number of hydrogen-bond donors (Lipinski definition) is 1. The Morgan fingerprint density at radius 2 is 2.20 bits per heavy atom. The second-order valence-electron chi connectivity index (χ2n) is 4.24. The summed E-state index contributed by atoms with van der Waals surface area (Å²) in [5.74, 6) is -0.670. The molecule has 0 bridgehead atoms. The molecule has 2 unspecified atom stereocenters. The van der Waals surface area contributed by atoms with Gasteiger partial charge in [0.15, 0.2) is 0 Å². The van der Waals surface area contributed by atoms with Crippen LogP contribution in [0.3, 0.4) is 0 Å². The SMILES string of the molecule is NC(=O)C1(Cc2ncc(Br)cc2Cl)C(Cl)=CC=NC1Cl. The molecule has 0 saturated carbocycles. The molecular weight excluding hydrogens is 388 g/mol. The van der Waals surface area contributed by atoms with Gasteiger partial charge in [-0.05, 0) is 28.1 Å². The Morgan fingerprint density at radius 3 is 2.75 bits per heavy atom. The summed E-state index contributed by atoms with van der Waals surface area (Å²) in [6.45, 7) is 0. The summed E-state index contributed by atoms with van der Waals surface area (Å²) < 4.78 is 0.727. The van der Waals surface area contributed by atoms with E-state index in [0.29, 0.717) is 10.7 Å². The van der Waals surface area contributed by atoms with Crippen LogP contribution in [0.5, 0.6) is 0 Å². The molecule has 0 spiro atoms. The molecule has 2 heterocycles. The molecular formula is C12H9BrCl3N3O. The van der Waals surface area contributed by atoms with Gasteiger partial charge in [-0.3, -0.25) is 14.8 Å². The lowest BCUT2D eigenvalue weighted by Gasteiger charge is -2.34. The fraction of sp³-hybridized carbons (Fsp3) is 0.250. The molecule has 4 nitrogen and oxygen atoms in total. The third kappa shape index (κ3) is 2.72. The molecule has 2 atom stereocenters. The summed E-state index contributed by atoms with van der Waals surface area (Å²) in [6.07, 6.45) is 4.59. The van der Waals surface area contributed by atoms with Crippen LogP contribution in [0.4, 0.5) is 0 Å². The monoisotopic (exact) mass is 395 g/mol. The predicted molar refractivity (Wildman–Crippen MR) is 84.3 cm³/mol. The van der Waals surface area contributed by atoms with E-state index in [4.69, 9.17) is 40.5 Å². The molecule has 1 aromatic rings. The van der Waals surface area contributed by atoms with Crippen molar-refractivity contribution in [3.05, 3.63) is 38.6 Å². The van der Waals surface area contributed by atoms with E-state index in [-0.39, 0.29) is 11.5 Å². The van der Waals surface area contributed by atoms with Gasteiger partial charge in [0.25, 0.3) is 0 Å². The normalized spacial score (nSPS) is 25.4. The van der Waals surface area contributed by atoms with Crippen LogP contribution in [0.25, 0.3) is 0 Å². The smallest absolute Gasteiger partial charge is 0.232 e. The number of carbonyl (C=O) groups is 1. The number of carbonyl (C=O) groups excluding carboxylic acids is 1. The van der Waals surface area contributed by atoms with E-state index in [9.17, 15) is 4.79 Å². The van der Waals surface area contributed by atoms with Crippen molar-refractivity contribution < 1.29 is 4.79 Å². The first kappa shape index (κ1) is 15.8. The van der Waals surface area contributed by atoms with E-state index >= 15 is 0 Å². The lowest BCUT2D eigenvalue weighted by molar-refractivity contribution is -0.125. The highest BCUT2D eigenvalue weighted by atomic mass is 79.9. The van der Waals surface area contributed by atoms with Gasteiger partial charge in [0.1, 0.15) is 10.9 Å². The average Bonchev–Trinajstić information content (AvgIpc) is 2.36. The number of nitrogens with two attached hydrogens (primary N) is 1. The number of halogens is 4. The Balaban J connectivity index is 2.48. The van der Waals surface area contributed by atoms with Crippen molar-refractivity contribution in [1.82, 2.24) is 4.98 Å². The zero-order valence-electron chi connectivity index (χ0n) is 9.99. The topological polar surface area (TPSA) is 68.3 Å². The second kappa shape index (κ2) is 6.02. The summed E-state index contributed by atoms with van der Waals surface area (Å²) in [4.78, 5) is 20.1. The van der Waals surface area contributed by atoms with Crippen LogP contribution in [0.1, 0.15) is 5.69 Å². The summed E-state index contributed by atoms with van der Waals surface area (Å²) >= 11 is 21.7. The van der Waals surface area contributed by atoms with Crippen LogP contribution in [0, 0.1) is 5.41 Å². The third-order valence-corrected chi connectivity index (χ3v) is 4.75. The molecule has 0 radical (unpaired) electrons. The van der Waals surface area contributed by atoms with Gasteiger partial charge in [-0.25, -0.2) is 0 Å². The van der Waals surface area contributed by atoms with Gasteiger partial charge in [-0.1, -0.05) is 34.8 Å². The third-order valence-electron chi connectivity index (χ3n) is 3.04. The molecule has 0 aromatic carbocycles. The van der Waals surface area contributed by atoms with Crippen LogP contribution in [0.2, 0.25) is 5.02 Å². The van der Waals surface area contributed by atoms with Gasteiger partial charge in [-0.2, -0.15) is 0 Å². The van der Waals surface area contributed by atoms with Gasteiger partial charge in [-0.15, -0.1) is 0 Å². The standard InChI is InChI=1S/C12H9BrCl3N3O/c13-6-3-7(14)8(19-5-6)4-12(11(17)20)9(15)1-2-18-10(12)16/h1-3,5,10H,4H2,(H2,17,20). The molecule has 0 aliphatic carbocycles. The highest BCUT2D eigenvalue weighted by molar-refractivity contribution is 9.10. The number of rotatable bonds is 3. The van der Waals surface area contributed by atoms with Gasteiger partial charge >= 0.3 is 0 Å². The zero-order valence-corrected chi connectivity index (χ0v) is 13.8. The highest BCUT2D eigenvalue weighted by Crippen LogP contribution is 2.43. The fourth-order valence-electron chi connectivity index (χ4n) is 1.90. The van der Waals surface area contributed by atoms with E-state index in [0.717, 1.165) is 4.47 Å². The maximum Gasteiger partial charge on any atom is 0.232 e. The van der Waals surface area contributed by atoms with Crippen molar-refractivity contribution >= 4 is 62.9 Å². The van der Waals surface area contributed by atoms with Gasteiger partial charge < -0.3 is 5.73 Å². The Labute approximate surface area is 139 Å². The molecule has 0 fully saturated rings. The van der Waals surface area contributed by atoms with Crippen LogP contribution < -0.4 is 5.73 Å². The fourth-order valence-corrected chi connectivity index (χ4v) is 3.34. The van der Waals surface area contributed by atoms with E-state index in [1.54, 1.807) is 12.3 Å². The number of amides is 1. The lowest BCUT2D eigenvalue weighted by atomic mass is 9.80. The molecule has 20 heavy (non-hydrogen) atoms. The van der Waals surface area contributed by atoms with Crippen molar-refractivity contribution in [2.75, 3.05) is 0 Å². The number of nitrogens with zero attached hydrogens (tertiary/aromatic N) is 2. The summed E-state index contributed by atoms with van der Waals surface area (Å²) in [7, 11) is 0. The van der Waals surface area contributed by atoms with Crippen molar-refractivity contribution in [2.45, 2.75) is 11.9 Å². The minimum Gasteiger partial charge on any atom is -0.369 e. The molecule has 1 aliphatic rings. The van der Waals surface area contributed by atoms with Gasteiger partial charge in [0.2, 0.25) is 5.91 Å². The summed E-state index contributed by atoms with van der Waals surface area (Å²) in [5.41, 5.74) is 3.73. The molecule has 1 amide bonds. The molecule has 2 rings (SSSR count). The van der Waals surface area contributed by atoms with Crippen LogP contribution in [-0.2, 0) is 11.2 Å². The Kier molecular flexibility index (Phi) is 4.74. The van der Waals surface area contributed by atoms with E-state index in [1.807, 2.05) is 0 Å². The van der Waals surface area contributed by atoms with Gasteiger partial charge in [0.05, 0.1) is 10.7 Å². The van der Waals surface area contributed by atoms with Crippen LogP contribution in [-0.4, -0.2) is 22.6 Å². The van der Waals surface area contributed by atoms with Crippen molar-refractivity contribution in [1.29, 1.82) is 0 Å². The van der Waals surface area contributed by atoms with E-state index in [1.165, 1.54) is 12.3 Å². The van der Waals surface area contributed by atoms with E-state index < -0.39 is 16.8 Å². The lowest BCUT2D eigenvalue weighted by Crippen LogP contribution is -2.47. The molecule has 8 heteroatoms. The predicted octanol–water partition coefficient (Wildman–Crippen LogP) is 3.28. The average molecular weight is 397 g/mol. The van der Waals surface area contributed by atoms with Crippen molar-refractivity contribution in [3.63, 3.8) is 0 Å². The first-order valence-electron chi connectivity index (χ1n) is 5.51. The van der Waals surface area contributed by atoms with Gasteiger partial charge in [0, 0.05) is 28.3 Å². The number of alkyl halides is 1. The number of allylic oxidation sites excluding steroid dienone is 1.